The summed E-state index contributed by atoms with van der Waals surface area (Å²) >= 11 is 0. The molecule has 0 radical (unpaired) electrons. The van der Waals surface area contributed by atoms with Gasteiger partial charge in [0.1, 0.15) is 0 Å². The number of nitrogens with one attached hydrogen (secondary N) is 1. The number of hydrogen-bond donors (Lipinski definition) is 4. The minimum Gasteiger partial charge on any atom is -0.478 e. The van der Waals surface area contributed by atoms with Crippen molar-refractivity contribution in [3.63, 3.8) is 0 Å². The van der Waals surface area contributed by atoms with Crippen molar-refractivity contribution in [2.45, 2.75) is 24.3 Å². The van der Waals surface area contributed by atoms with Crippen LogP contribution in [-0.4, -0.2) is 36.7 Å². The molecule has 0 atom stereocenters. The van der Waals surface area contributed by atoms with Gasteiger partial charge in [-0.1, -0.05) is 0 Å². The maximum Gasteiger partial charge on any atom is 0.337 e. The zero-order valence-corrected chi connectivity index (χ0v) is 11.4. The van der Waals surface area contributed by atoms with E-state index in [4.69, 9.17) is 10.2 Å². The van der Waals surface area contributed by atoms with E-state index >= 15 is 0 Å². The lowest BCUT2D eigenvalue weighted by atomic mass is 10.1. The van der Waals surface area contributed by atoms with Crippen molar-refractivity contribution in [3.8, 4) is 0 Å². The van der Waals surface area contributed by atoms with Crippen molar-refractivity contribution >= 4 is 21.7 Å². The molecule has 19 heavy (non-hydrogen) atoms. The van der Waals surface area contributed by atoms with Crippen LogP contribution in [0, 0.1) is 0 Å². The Balaban J connectivity index is 3.16. The van der Waals surface area contributed by atoms with Gasteiger partial charge in [-0.3, -0.25) is 0 Å². The van der Waals surface area contributed by atoms with Gasteiger partial charge in [0.2, 0.25) is 10.0 Å². The number of nitrogens with two attached hydrogens (primary N) is 1. The first-order valence-electron chi connectivity index (χ1n) is 5.37. The number of aliphatic hydroxyl groups is 1. The molecule has 0 unspecified atom stereocenters. The molecule has 0 aliphatic carbocycles. The van der Waals surface area contributed by atoms with Crippen LogP contribution in [0.2, 0.25) is 0 Å². The van der Waals surface area contributed by atoms with E-state index in [1.807, 2.05) is 0 Å². The number of carboxylic acids is 1. The van der Waals surface area contributed by atoms with Gasteiger partial charge in [-0.15, -0.1) is 0 Å². The van der Waals surface area contributed by atoms with Crippen LogP contribution in [0.4, 0.5) is 5.69 Å². The molecule has 1 rings (SSSR count). The highest BCUT2D eigenvalue weighted by Crippen LogP contribution is 2.20. The molecular formula is C11H16N2O5S. The topological polar surface area (TPSA) is 130 Å². The molecule has 1 aromatic carbocycles. The van der Waals surface area contributed by atoms with Crippen LogP contribution < -0.4 is 10.5 Å². The summed E-state index contributed by atoms with van der Waals surface area (Å²) in [5, 5.41) is 26.3. The summed E-state index contributed by atoms with van der Waals surface area (Å²) < 4.78 is 22.3. The Kier molecular flexibility index (Phi) is 4.18. The molecule has 0 heterocycles. The fourth-order valence-corrected chi connectivity index (χ4v) is 1.88. The number of benzene rings is 1. The maximum atomic E-state index is 11.2. The number of primary sulfonamides is 1. The van der Waals surface area contributed by atoms with Gasteiger partial charge in [-0.2, -0.15) is 0 Å². The van der Waals surface area contributed by atoms with Crippen molar-refractivity contribution in [1.29, 1.82) is 0 Å². The third-order valence-corrected chi connectivity index (χ3v) is 3.17. The van der Waals surface area contributed by atoms with Gasteiger partial charge >= 0.3 is 5.97 Å². The van der Waals surface area contributed by atoms with Gasteiger partial charge in [0, 0.05) is 12.2 Å². The predicted molar refractivity (Wildman–Crippen MR) is 69.6 cm³/mol. The Bertz CT molecular complexity index is 590. The quantitative estimate of drug-likeness (QED) is 0.613. The van der Waals surface area contributed by atoms with E-state index in [-0.39, 0.29) is 22.7 Å². The molecule has 7 nitrogen and oxygen atoms in total. The van der Waals surface area contributed by atoms with Crippen molar-refractivity contribution in [1.82, 2.24) is 0 Å². The monoisotopic (exact) mass is 288 g/mol. The van der Waals surface area contributed by atoms with Gasteiger partial charge in [-0.05, 0) is 32.0 Å². The largest absolute Gasteiger partial charge is 0.478 e. The van der Waals surface area contributed by atoms with Crippen molar-refractivity contribution in [2.75, 3.05) is 11.9 Å². The summed E-state index contributed by atoms with van der Waals surface area (Å²) in [4.78, 5) is 10.8. The van der Waals surface area contributed by atoms with Gasteiger partial charge in [-0.25, -0.2) is 18.4 Å². The van der Waals surface area contributed by atoms with E-state index in [1.54, 1.807) is 13.8 Å². The highest BCUT2D eigenvalue weighted by Gasteiger charge is 2.18. The van der Waals surface area contributed by atoms with Gasteiger partial charge in [0.05, 0.1) is 16.1 Å². The first-order valence-corrected chi connectivity index (χ1v) is 6.92. The Morgan fingerprint density at radius 2 is 2.00 bits per heavy atom. The van der Waals surface area contributed by atoms with Crippen LogP contribution in [0.5, 0.6) is 0 Å². The van der Waals surface area contributed by atoms with E-state index in [1.165, 1.54) is 12.1 Å². The van der Waals surface area contributed by atoms with E-state index in [0.29, 0.717) is 0 Å². The number of hydrogen-bond acceptors (Lipinski definition) is 5. The minimum atomic E-state index is -3.96. The summed E-state index contributed by atoms with van der Waals surface area (Å²) in [6.45, 7) is 3.22. The van der Waals surface area contributed by atoms with Crippen LogP contribution in [0.1, 0.15) is 24.2 Å². The Morgan fingerprint density at radius 3 is 2.42 bits per heavy atom. The zero-order valence-electron chi connectivity index (χ0n) is 10.5. The van der Waals surface area contributed by atoms with Crippen molar-refractivity contribution in [2.24, 2.45) is 5.14 Å². The molecular weight excluding hydrogens is 272 g/mol. The summed E-state index contributed by atoms with van der Waals surface area (Å²) in [5.74, 6) is -1.29. The summed E-state index contributed by atoms with van der Waals surface area (Å²) in [7, 11) is -3.96. The van der Waals surface area contributed by atoms with Crippen LogP contribution in [0.15, 0.2) is 23.1 Å². The number of aromatic carboxylic acids is 1. The molecule has 0 aromatic heterocycles. The van der Waals surface area contributed by atoms with Gasteiger partial charge in [0.15, 0.2) is 0 Å². The number of sulfonamides is 1. The van der Waals surface area contributed by atoms with Crippen LogP contribution in [0.25, 0.3) is 0 Å². The predicted octanol–water partition coefficient (Wildman–Crippen LogP) is 0.215. The van der Waals surface area contributed by atoms with E-state index < -0.39 is 21.6 Å². The van der Waals surface area contributed by atoms with Crippen molar-refractivity contribution in [3.05, 3.63) is 23.8 Å². The van der Waals surface area contributed by atoms with E-state index in [0.717, 1.165) is 6.07 Å². The maximum absolute atomic E-state index is 11.2. The van der Waals surface area contributed by atoms with Gasteiger partial charge < -0.3 is 15.5 Å². The molecule has 0 aliphatic heterocycles. The molecule has 1 aromatic rings. The Labute approximate surface area is 111 Å². The molecule has 0 fully saturated rings. The number of rotatable bonds is 5. The minimum absolute atomic E-state index is 0.113. The molecule has 0 saturated carbocycles. The molecule has 106 valence electrons. The number of carbonyl (C=O) groups is 1. The fourth-order valence-electron chi connectivity index (χ4n) is 1.34. The molecule has 8 heteroatoms. The smallest absolute Gasteiger partial charge is 0.337 e. The average molecular weight is 288 g/mol. The Hall–Kier alpha value is -1.64. The number of carboxylic acid groups (broad SMARTS) is 1. The molecule has 0 saturated heterocycles. The first kappa shape index (κ1) is 15.4. The van der Waals surface area contributed by atoms with E-state index in [2.05, 4.69) is 5.32 Å². The second kappa shape index (κ2) is 5.16. The standard InChI is InChI=1S/C11H16N2O5S/c1-11(2,16)6-13-9-4-3-7(19(12,17)18)5-8(9)10(14)15/h3-5,13,16H,6H2,1-2H3,(H,14,15)(H2,12,17,18). The highest BCUT2D eigenvalue weighted by molar-refractivity contribution is 7.89. The van der Waals surface area contributed by atoms with Crippen LogP contribution >= 0.6 is 0 Å². The summed E-state index contributed by atoms with van der Waals surface area (Å²) in [6.07, 6.45) is 0. The molecule has 0 bridgehead atoms. The van der Waals surface area contributed by atoms with Gasteiger partial charge in [0.25, 0.3) is 0 Å². The second-order valence-electron chi connectivity index (χ2n) is 4.72. The molecule has 0 aliphatic rings. The third kappa shape index (κ3) is 4.51. The normalized spacial score (nSPS) is 12.2. The second-order valence-corrected chi connectivity index (χ2v) is 6.28. The lowest BCUT2D eigenvalue weighted by Gasteiger charge is -2.19. The van der Waals surface area contributed by atoms with Crippen LogP contribution in [-0.2, 0) is 10.0 Å². The van der Waals surface area contributed by atoms with Crippen molar-refractivity contribution < 1.29 is 23.4 Å². The van der Waals surface area contributed by atoms with Crippen LogP contribution in [0.3, 0.4) is 0 Å². The highest BCUT2D eigenvalue weighted by atomic mass is 32.2. The summed E-state index contributed by atoms with van der Waals surface area (Å²) in [5.41, 5.74) is -1.05. The first-order chi connectivity index (χ1) is 8.50. The third-order valence-electron chi connectivity index (χ3n) is 2.26. The molecule has 0 spiro atoms. The van der Waals surface area contributed by atoms with E-state index in [9.17, 15) is 18.3 Å². The zero-order chi connectivity index (χ0) is 14.8. The summed E-state index contributed by atoms with van der Waals surface area (Å²) in [6, 6.07) is 3.48. The Morgan fingerprint density at radius 1 is 1.42 bits per heavy atom. The lowest BCUT2D eigenvalue weighted by molar-refractivity contribution is 0.0696. The number of anilines is 1. The SMILES string of the molecule is CC(C)(O)CNc1ccc(S(N)(=O)=O)cc1C(=O)O. The fraction of sp³-hybridized carbons (Fsp3) is 0.364. The molecule has 0 amide bonds. The average Bonchev–Trinajstić information content (AvgIpc) is 2.23. The lowest BCUT2D eigenvalue weighted by Crippen LogP contribution is -2.30. The molecule has 5 N–H and O–H groups in total.